The predicted octanol–water partition coefficient (Wildman–Crippen LogP) is 5.10. The smallest absolute Gasteiger partial charge is 0.270 e. The van der Waals surface area contributed by atoms with Crippen LogP contribution in [-0.2, 0) is 11.3 Å². The molecule has 7 heteroatoms. The molecule has 2 aromatic carbocycles. The average molecular weight is 407 g/mol. The number of anilines is 1. The molecular formula is C21H14FN3OS2. The maximum Gasteiger partial charge on any atom is 0.270 e. The Balaban J connectivity index is 1.72. The summed E-state index contributed by atoms with van der Waals surface area (Å²) in [5, 5.41) is 9.90. The number of nitrogens with zero attached hydrogens (tertiary/aromatic N) is 3. The minimum Gasteiger partial charge on any atom is -0.346 e. The van der Waals surface area contributed by atoms with Gasteiger partial charge in [0.15, 0.2) is 4.32 Å². The van der Waals surface area contributed by atoms with Gasteiger partial charge in [-0.1, -0.05) is 42.2 Å². The fourth-order valence-corrected chi connectivity index (χ4v) is 4.46. The molecule has 0 atom stereocenters. The van der Waals surface area contributed by atoms with Crippen LogP contribution in [0.25, 0.3) is 17.0 Å². The standard InChI is InChI=1S/C21H14FN3OS2/c22-15-6-8-16(9-7-15)25-20(26)19(28-21(25)27)12-14-13-24(11-3-10-23)18-5-2-1-4-17(14)18/h1-2,4-9,12-13H,3,11H2/b19-12+. The summed E-state index contributed by atoms with van der Waals surface area (Å²) in [6.45, 7) is 0.585. The molecule has 0 spiro atoms. The van der Waals surface area contributed by atoms with E-state index in [1.54, 1.807) is 0 Å². The summed E-state index contributed by atoms with van der Waals surface area (Å²) in [7, 11) is 0. The fraction of sp³-hybridized carbons (Fsp3) is 0.0952. The van der Waals surface area contributed by atoms with Gasteiger partial charge in [0.05, 0.1) is 23.1 Å². The number of aryl methyl sites for hydroxylation is 1. The number of para-hydroxylation sites is 1. The van der Waals surface area contributed by atoms with Crippen LogP contribution in [0.5, 0.6) is 0 Å². The molecule has 138 valence electrons. The number of nitriles is 1. The van der Waals surface area contributed by atoms with E-state index in [-0.39, 0.29) is 11.7 Å². The Morgan fingerprint density at radius 1 is 1.18 bits per heavy atom. The van der Waals surface area contributed by atoms with E-state index >= 15 is 0 Å². The zero-order chi connectivity index (χ0) is 19.7. The number of fused-ring (bicyclic) bond motifs is 1. The van der Waals surface area contributed by atoms with E-state index in [1.165, 1.54) is 40.9 Å². The third kappa shape index (κ3) is 3.33. The molecule has 4 rings (SSSR count). The van der Waals surface area contributed by atoms with Crippen molar-refractivity contribution < 1.29 is 9.18 Å². The van der Waals surface area contributed by atoms with Gasteiger partial charge in [0, 0.05) is 29.2 Å². The van der Waals surface area contributed by atoms with Crippen LogP contribution in [0.15, 0.2) is 59.6 Å². The summed E-state index contributed by atoms with van der Waals surface area (Å²) in [5.74, 6) is -0.592. The number of thioether (sulfide) groups is 1. The third-order valence-corrected chi connectivity index (χ3v) is 5.75. The van der Waals surface area contributed by atoms with Crippen LogP contribution >= 0.6 is 24.0 Å². The lowest BCUT2D eigenvalue weighted by Gasteiger charge is -2.14. The molecule has 0 unspecified atom stereocenters. The average Bonchev–Trinajstić information content (AvgIpc) is 3.18. The van der Waals surface area contributed by atoms with E-state index in [1.807, 2.05) is 41.1 Å². The third-order valence-electron chi connectivity index (χ3n) is 4.45. The molecule has 3 aromatic rings. The van der Waals surface area contributed by atoms with Gasteiger partial charge < -0.3 is 4.57 Å². The van der Waals surface area contributed by atoms with E-state index in [0.29, 0.717) is 27.9 Å². The Kier molecular flexibility index (Phi) is 4.99. The summed E-state index contributed by atoms with van der Waals surface area (Å²) in [5.41, 5.74) is 2.45. The van der Waals surface area contributed by atoms with Crippen molar-refractivity contribution in [2.24, 2.45) is 0 Å². The molecule has 0 N–H and O–H groups in total. The van der Waals surface area contributed by atoms with Gasteiger partial charge in [0.2, 0.25) is 0 Å². The number of benzene rings is 2. The number of halogens is 1. The van der Waals surface area contributed by atoms with Gasteiger partial charge in [-0.2, -0.15) is 5.26 Å². The van der Waals surface area contributed by atoms with Gasteiger partial charge in [-0.25, -0.2) is 4.39 Å². The molecule has 2 heterocycles. The van der Waals surface area contributed by atoms with Gasteiger partial charge in [0.25, 0.3) is 5.91 Å². The second kappa shape index (κ2) is 7.58. The molecule has 0 aliphatic carbocycles. The number of carbonyl (C=O) groups is 1. The van der Waals surface area contributed by atoms with Crippen LogP contribution in [0.2, 0.25) is 0 Å². The van der Waals surface area contributed by atoms with Crippen molar-refractivity contribution in [2.75, 3.05) is 4.90 Å². The lowest BCUT2D eigenvalue weighted by atomic mass is 10.1. The maximum atomic E-state index is 13.2. The number of hydrogen-bond acceptors (Lipinski definition) is 4. The maximum absolute atomic E-state index is 13.2. The molecule has 28 heavy (non-hydrogen) atoms. The highest BCUT2D eigenvalue weighted by atomic mass is 32.2. The number of carbonyl (C=O) groups excluding carboxylic acids is 1. The summed E-state index contributed by atoms with van der Waals surface area (Å²) < 4.78 is 15.6. The molecular weight excluding hydrogens is 393 g/mol. The summed E-state index contributed by atoms with van der Waals surface area (Å²) in [6.07, 6.45) is 4.19. The van der Waals surface area contributed by atoms with Gasteiger partial charge in [-0.15, -0.1) is 0 Å². The van der Waals surface area contributed by atoms with Crippen LogP contribution in [0.3, 0.4) is 0 Å². The molecule has 1 fully saturated rings. The Labute approximate surface area is 170 Å². The number of amides is 1. The van der Waals surface area contributed by atoms with Crippen LogP contribution in [0.1, 0.15) is 12.0 Å². The van der Waals surface area contributed by atoms with E-state index in [4.69, 9.17) is 17.5 Å². The predicted molar refractivity (Wildman–Crippen MR) is 114 cm³/mol. The van der Waals surface area contributed by atoms with Gasteiger partial charge in [0.1, 0.15) is 5.82 Å². The monoisotopic (exact) mass is 407 g/mol. The zero-order valence-corrected chi connectivity index (χ0v) is 16.3. The highest BCUT2D eigenvalue weighted by Crippen LogP contribution is 2.37. The minimum absolute atomic E-state index is 0.226. The van der Waals surface area contributed by atoms with Crippen molar-refractivity contribution in [3.8, 4) is 6.07 Å². The first-order valence-corrected chi connectivity index (χ1v) is 9.79. The highest BCUT2D eigenvalue weighted by Gasteiger charge is 2.33. The lowest BCUT2D eigenvalue weighted by molar-refractivity contribution is -0.113. The molecule has 0 radical (unpaired) electrons. The fourth-order valence-electron chi connectivity index (χ4n) is 3.17. The minimum atomic E-state index is -0.366. The highest BCUT2D eigenvalue weighted by molar-refractivity contribution is 8.27. The normalized spacial score (nSPS) is 15.6. The molecule has 1 aromatic heterocycles. The van der Waals surface area contributed by atoms with E-state index in [2.05, 4.69) is 6.07 Å². The first-order chi connectivity index (χ1) is 13.6. The Morgan fingerprint density at radius 2 is 1.93 bits per heavy atom. The SMILES string of the molecule is N#CCCn1cc(/C=C2/SC(=S)N(c3ccc(F)cc3)C2=O)c2ccccc21. The first-order valence-electron chi connectivity index (χ1n) is 8.57. The second-order valence-electron chi connectivity index (χ2n) is 6.20. The van der Waals surface area contributed by atoms with Gasteiger partial charge >= 0.3 is 0 Å². The lowest BCUT2D eigenvalue weighted by Crippen LogP contribution is -2.27. The molecule has 0 bridgehead atoms. The van der Waals surface area contributed by atoms with Gasteiger partial charge in [-0.3, -0.25) is 9.69 Å². The van der Waals surface area contributed by atoms with E-state index in [9.17, 15) is 9.18 Å². The van der Waals surface area contributed by atoms with Crippen molar-refractivity contribution >= 4 is 56.9 Å². The number of rotatable bonds is 4. The van der Waals surface area contributed by atoms with Crippen LogP contribution in [0, 0.1) is 17.1 Å². The first kappa shape index (κ1) is 18.4. The molecule has 4 nitrogen and oxygen atoms in total. The zero-order valence-electron chi connectivity index (χ0n) is 14.6. The Bertz CT molecular complexity index is 1160. The van der Waals surface area contributed by atoms with Crippen LogP contribution < -0.4 is 4.90 Å². The van der Waals surface area contributed by atoms with Crippen LogP contribution in [0.4, 0.5) is 10.1 Å². The van der Waals surface area contributed by atoms with Crippen LogP contribution in [-0.4, -0.2) is 14.8 Å². The van der Waals surface area contributed by atoms with Crippen molar-refractivity contribution in [3.05, 3.63) is 71.0 Å². The van der Waals surface area contributed by atoms with Crippen molar-refractivity contribution in [1.29, 1.82) is 5.26 Å². The number of hydrogen-bond donors (Lipinski definition) is 0. The molecule has 0 saturated carbocycles. The van der Waals surface area contributed by atoms with Crippen molar-refractivity contribution in [3.63, 3.8) is 0 Å². The summed E-state index contributed by atoms with van der Waals surface area (Å²) in [4.78, 5) is 14.9. The van der Waals surface area contributed by atoms with Crippen molar-refractivity contribution in [2.45, 2.75) is 13.0 Å². The van der Waals surface area contributed by atoms with E-state index in [0.717, 1.165) is 16.5 Å². The topological polar surface area (TPSA) is 49.0 Å². The van der Waals surface area contributed by atoms with Gasteiger partial charge in [-0.05, 0) is 36.4 Å². The number of aromatic nitrogens is 1. The van der Waals surface area contributed by atoms with Crippen molar-refractivity contribution in [1.82, 2.24) is 4.57 Å². The molecule has 1 aliphatic rings. The molecule has 1 aliphatic heterocycles. The second-order valence-corrected chi connectivity index (χ2v) is 7.87. The largest absolute Gasteiger partial charge is 0.346 e. The summed E-state index contributed by atoms with van der Waals surface area (Å²) in [6, 6.07) is 15.7. The summed E-state index contributed by atoms with van der Waals surface area (Å²) >= 11 is 6.60. The Hall–Kier alpha value is -2.95. The molecule has 1 saturated heterocycles. The number of thiocarbonyl (C=S) groups is 1. The quantitative estimate of drug-likeness (QED) is 0.446. The Morgan fingerprint density at radius 3 is 2.68 bits per heavy atom. The van der Waals surface area contributed by atoms with E-state index < -0.39 is 0 Å². The molecule has 1 amide bonds.